The number of rotatable bonds is 7. The molecular weight excluding hydrogens is 204 g/mol. The molecule has 0 aliphatic heterocycles. The van der Waals surface area contributed by atoms with Gasteiger partial charge in [0, 0.05) is 27.4 Å². The summed E-state index contributed by atoms with van der Waals surface area (Å²) in [5, 5.41) is 0. The maximum Gasteiger partial charge on any atom is 0.748 e. The van der Waals surface area contributed by atoms with Crippen LogP contribution in [0.15, 0.2) is 24.7 Å². The van der Waals surface area contributed by atoms with E-state index in [1.807, 2.05) is 0 Å². The molecule has 0 aliphatic rings. The van der Waals surface area contributed by atoms with E-state index in [-0.39, 0.29) is 0 Å². The Morgan fingerprint density at radius 1 is 1.07 bits per heavy atom. The lowest BCUT2D eigenvalue weighted by Crippen LogP contribution is -2.45. The molecule has 0 bridgehead atoms. The van der Waals surface area contributed by atoms with Crippen LogP contribution in [0.3, 0.4) is 0 Å². The molecule has 0 fully saturated rings. The van der Waals surface area contributed by atoms with Crippen LogP contribution in [0.25, 0.3) is 0 Å². The van der Waals surface area contributed by atoms with Crippen molar-refractivity contribution in [3.8, 4) is 0 Å². The van der Waals surface area contributed by atoms with Gasteiger partial charge in [0.1, 0.15) is 5.76 Å². The van der Waals surface area contributed by atoms with Crippen LogP contribution < -0.4 is 0 Å². The first-order chi connectivity index (χ1) is 6.64. The van der Waals surface area contributed by atoms with Crippen molar-refractivity contribution in [2.24, 2.45) is 0 Å². The third-order valence-corrected chi connectivity index (χ3v) is 3.41. The fourth-order valence-electron chi connectivity index (χ4n) is 0.714. The van der Waals surface area contributed by atoms with Gasteiger partial charge in [-0.05, 0) is 0 Å². The third kappa shape index (κ3) is 3.92. The second-order valence-electron chi connectivity index (χ2n) is 2.22. The lowest BCUT2D eigenvalue weighted by Gasteiger charge is -2.23. The molecule has 0 aliphatic carbocycles. The topological polar surface area (TPSA) is 46.2 Å². The molecule has 0 aromatic carbocycles. The molecule has 0 aromatic heterocycles. The number of methoxy groups -OCH3 is 1. The Kier molecular flexibility index (Phi) is 6.22. The standard InChI is InChI=1S/C8H16O5Si/c1-8(6-7-9-2)13-14(10-3,11-4)12-5/h6-7H,1H2,2-5H3/b7-6-. The van der Waals surface area contributed by atoms with Crippen molar-refractivity contribution in [3.05, 3.63) is 24.7 Å². The summed E-state index contributed by atoms with van der Waals surface area (Å²) >= 11 is 0. The van der Waals surface area contributed by atoms with Crippen LogP contribution >= 0.6 is 0 Å². The van der Waals surface area contributed by atoms with Gasteiger partial charge in [0.15, 0.2) is 0 Å². The molecule has 0 radical (unpaired) electrons. The first-order valence-corrected chi connectivity index (χ1v) is 5.50. The van der Waals surface area contributed by atoms with Crippen molar-refractivity contribution >= 4 is 9.05 Å². The van der Waals surface area contributed by atoms with Crippen LogP contribution in [0.1, 0.15) is 0 Å². The van der Waals surface area contributed by atoms with E-state index < -0.39 is 9.05 Å². The van der Waals surface area contributed by atoms with Gasteiger partial charge in [-0.25, -0.2) is 0 Å². The van der Waals surface area contributed by atoms with E-state index in [9.17, 15) is 0 Å². The molecule has 0 unspecified atom stereocenters. The van der Waals surface area contributed by atoms with Crippen molar-refractivity contribution in [1.82, 2.24) is 0 Å². The molecule has 0 rings (SSSR count). The Labute approximate surface area is 85.4 Å². The molecule has 82 valence electrons. The van der Waals surface area contributed by atoms with Crippen molar-refractivity contribution in [2.75, 3.05) is 28.4 Å². The monoisotopic (exact) mass is 220 g/mol. The summed E-state index contributed by atoms with van der Waals surface area (Å²) in [4.78, 5) is 0. The Bertz CT molecular complexity index is 192. The highest BCUT2D eigenvalue weighted by Gasteiger charge is 2.45. The van der Waals surface area contributed by atoms with E-state index in [0.717, 1.165) is 0 Å². The van der Waals surface area contributed by atoms with Gasteiger partial charge in [-0.1, -0.05) is 6.58 Å². The van der Waals surface area contributed by atoms with Crippen molar-refractivity contribution in [3.63, 3.8) is 0 Å². The maximum absolute atomic E-state index is 5.30. The van der Waals surface area contributed by atoms with E-state index in [0.29, 0.717) is 5.76 Å². The zero-order valence-corrected chi connectivity index (χ0v) is 9.90. The SMILES string of the molecule is C=C(/C=C\OC)O[Si](OC)(OC)OC. The zero-order valence-electron chi connectivity index (χ0n) is 8.90. The summed E-state index contributed by atoms with van der Waals surface area (Å²) in [6.07, 6.45) is 2.97. The lowest BCUT2D eigenvalue weighted by atomic mass is 10.5. The number of ether oxygens (including phenoxy) is 1. The highest BCUT2D eigenvalue weighted by atomic mass is 28.4. The Balaban J connectivity index is 4.29. The molecule has 0 saturated carbocycles. The molecule has 0 aromatic rings. The van der Waals surface area contributed by atoms with Crippen LogP contribution in [0, 0.1) is 0 Å². The molecule has 0 amide bonds. The molecule has 0 N–H and O–H groups in total. The van der Waals surface area contributed by atoms with Gasteiger partial charge in [0.25, 0.3) is 0 Å². The highest BCUT2D eigenvalue weighted by molar-refractivity contribution is 6.53. The van der Waals surface area contributed by atoms with Gasteiger partial charge in [-0.2, -0.15) is 0 Å². The van der Waals surface area contributed by atoms with Crippen molar-refractivity contribution < 1.29 is 22.4 Å². The third-order valence-electron chi connectivity index (χ3n) is 1.40. The molecule has 6 heteroatoms. The molecule has 0 spiro atoms. The van der Waals surface area contributed by atoms with Gasteiger partial charge in [0.2, 0.25) is 0 Å². The van der Waals surface area contributed by atoms with Gasteiger partial charge in [-0.15, -0.1) is 0 Å². The fraction of sp³-hybridized carbons (Fsp3) is 0.500. The normalized spacial score (nSPS) is 11.7. The minimum Gasteiger partial charge on any atom is -0.504 e. The summed E-state index contributed by atoms with van der Waals surface area (Å²) in [5.74, 6) is 0.351. The fourth-order valence-corrected chi connectivity index (χ4v) is 1.85. The quantitative estimate of drug-likeness (QED) is 0.364. The average molecular weight is 220 g/mol. The second kappa shape index (κ2) is 6.60. The van der Waals surface area contributed by atoms with Gasteiger partial charge < -0.3 is 22.4 Å². The van der Waals surface area contributed by atoms with E-state index in [4.69, 9.17) is 22.4 Å². The van der Waals surface area contributed by atoms with E-state index >= 15 is 0 Å². The summed E-state index contributed by atoms with van der Waals surface area (Å²) in [7, 11) is 2.84. The molecule has 0 atom stereocenters. The van der Waals surface area contributed by atoms with E-state index in [1.54, 1.807) is 6.08 Å². The Morgan fingerprint density at radius 2 is 1.57 bits per heavy atom. The zero-order chi connectivity index (χ0) is 11.0. The van der Waals surface area contributed by atoms with Crippen LogP contribution in [0.5, 0.6) is 0 Å². The summed E-state index contributed by atoms with van der Waals surface area (Å²) in [6.45, 7) is 3.63. The molecule has 5 nitrogen and oxygen atoms in total. The number of hydrogen-bond acceptors (Lipinski definition) is 5. The molecular formula is C8H16O5Si. The molecule has 0 heterocycles. The van der Waals surface area contributed by atoms with Gasteiger partial charge in [-0.3, -0.25) is 0 Å². The predicted octanol–water partition coefficient (Wildman–Crippen LogP) is 1.05. The maximum atomic E-state index is 5.30. The minimum atomic E-state index is -3.04. The number of allylic oxidation sites excluding steroid dienone is 1. The van der Waals surface area contributed by atoms with E-state index in [1.165, 1.54) is 34.7 Å². The van der Waals surface area contributed by atoms with Crippen LogP contribution in [-0.4, -0.2) is 37.5 Å². The Hall–Kier alpha value is -0.823. The summed E-state index contributed by atoms with van der Waals surface area (Å²) in [5.41, 5.74) is 0. The van der Waals surface area contributed by atoms with E-state index in [2.05, 4.69) is 6.58 Å². The second-order valence-corrected chi connectivity index (χ2v) is 4.65. The molecule has 0 saturated heterocycles. The van der Waals surface area contributed by atoms with Crippen molar-refractivity contribution in [2.45, 2.75) is 0 Å². The van der Waals surface area contributed by atoms with Crippen LogP contribution in [0.4, 0.5) is 0 Å². The predicted molar refractivity (Wildman–Crippen MR) is 53.2 cm³/mol. The molecule has 14 heavy (non-hydrogen) atoms. The van der Waals surface area contributed by atoms with Gasteiger partial charge >= 0.3 is 9.05 Å². The van der Waals surface area contributed by atoms with Crippen molar-refractivity contribution in [1.29, 1.82) is 0 Å². The Morgan fingerprint density at radius 3 is 1.93 bits per heavy atom. The number of hydrogen-bond donors (Lipinski definition) is 0. The van der Waals surface area contributed by atoms with Crippen LogP contribution in [-0.2, 0) is 22.4 Å². The first-order valence-electron chi connectivity index (χ1n) is 3.86. The summed E-state index contributed by atoms with van der Waals surface area (Å²) < 4.78 is 25.1. The average Bonchev–Trinajstić information content (AvgIpc) is 2.23. The first kappa shape index (κ1) is 13.2. The summed E-state index contributed by atoms with van der Waals surface area (Å²) in [6, 6.07) is 0. The smallest absolute Gasteiger partial charge is 0.504 e. The minimum absolute atomic E-state index is 0.351. The van der Waals surface area contributed by atoms with Crippen LogP contribution in [0.2, 0.25) is 0 Å². The largest absolute Gasteiger partial charge is 0.748 e. The lowest BCUT2D eigenvalue weighted by molar-refractivity contribution is 0.0298. The highest BCUT2D eigenvalue weighted by Crippen LogP contribution is 2.13. The van der Waals surface area contributed by atoms with Gasteiger partial charge in [0.05, 0.1) is 13.4 Å².